The summed E-state index contributed by atoms with van der Waals surface area (Å²) in [6.07, 6.45) is 0. The Balaban J connectivity index is 1.17. The van der Waals surface area contributed by atoms with Gasteiger partial charge in [-0.05, 0) is 34.7 Å². The van der Waals surface area contributed by atoms with Gasteiger partial charge in [-0.1, -0.05) is 152 Å². The van der Waals surface area contributed by atoms with Crippen LogP contribution in [0.2, 0.25) is 0 Å². The molecule has 238 valence electrons. The normalized spacial score (nSPS) is 11.5. The van der Waals surface area contributed by atoms with Crippen molar-refractivity contribution in [2.75, 3.05) is 0 Å². The lowest BCUT2D eigenvalue weighted by molar-refractivity contribution is 0.672. The Bertz CT molecular complexity index is 2900. The molecular weight excluding hydrogens is 625 g/mol. The van der Waals surface area contributed by atoms with Crippen LogP contribution in [-0.2, 0) is 0 Å². The molecular formula is C46H28N4O. The average Bonchev–Trinajstić information content (AvgIpc) is 3.61. The van der Waals surface area contributed by atoms with Gasteiger partial charge in [0.15, 0.2) is 17.5 Å². The van der Waals surface area contributed by atoms with Crippen molar-refractivity contribution in [3.8, 4) is 56.5 Å². The van der Waals surface area contributed by atoms with E-state index in [-0.39, 0.29) is 0 Å². The Morgan fingerprint density at radius 3 is 1.67 bits per heavy atom. The first-order valence-electron chi connectivity index (χ1n) is 17.0. The number of hydrogen-bond donors (Lipinski definition) is 0. The van der Waals surface area contributed by atoms with Gasteiger partial charge in [0, 0.05) is 38.4 Å². The van der Waals surface area contributed by atoms with Crippen LogP contribution in [0, 0.1) is 0 Å². The molecule has 0 fully saturated rings. The Morgan fingerprint density at radius 1 is 0.353 bits per heavy atom. The first-order chi connectivity index (χ1) is 25.3. The quantitative estimate of drug-likeness (QED) is 0.173. The maximum atomic E-state index is 6.58. The largest absolute Gasteiger partial charge is 0.455 e. The fraction of sp³-hybridized carbons (Fsp3) is 0. The highest BCUT2D eigenvalue weighted by Gasteiger charge is 2.20. The molecule has 0 atom stereocenters. The van der Waals surface area contributed by atoms with Crippen LogP contribution in [0.25, 0.3) is 100 Å². The maximum absolute atomic E-state index is 6.58. The topological polar surface area (TPSA) is 64.7 Å². The van der Waals surface area contributed by atoms with Gasteiger partial charge in [-0.2, -0.15) is 0 Å². The van der Waals surface area contributed by atoms with E-state index in [0.29, 0.717) is 17.5 Å². The van der Waals surface area contributed by atoms with Gasteiger partial charge in [-0.3, -0.25) is 0 Å². The lowest BCUT2D eigenvalue weighted by atomic mass is 9.99. The summed E-state index contributed by atoms with van der Waals surface area (Å²) in [5, 5.41) is 5.24. The van der Waals surface area contributed by atoms with Crippen LogP contribution < -0.4 is 0 Å². The molecule has 0 N–H and O–H groups in total. The first kappa shape index (κ1) is 29.0. The summed E-state index contributed by atoms with van der Waals surface area (Å²) in [7, 11) is 0. The number of benzene rings is 7. The van der Waals surface area contributed by atoms with Gasteiger partial charge in [0.05, 0.1) is 16.6 Å². The SMILES string of the molecule is c1ccc(-c2ccc(-c3nc(-c4ccccc4)nc(-c4cccc(-c5nc6c7ccccc7ccc6c6oc7ccccc7c56)c4)n3)cc2)cc1. The molecule has 0 unspecified atom stereocenters. The first-order valence-corrected chi connectivity index (χ1v) is 17.0. The monoisotopic (exact) mass is 652 g/mol. The molecule has 7 aromatic carbocycles. The van der Waals surface area contributed by atoms with Gasteiger partial charge in [0.2, 0.25) is 0 Å². The molecule has 0 aliphatic carbocycles. The molecule has 0 spiro atoms. The highest BCUT2D eigenvalue weighted by molar-refractivity contribution is 6.22. The fourth-order valence-electron chi connectivity index (χ4n) is 7.00. The van der Waals surface area contributed by atoms with E-state index in [1.165, 1.54) is 0 Å². The third-order valence-electron chi connectivity index (χ3n) is 9.51. The molecule has 0 saturated carbocycles. The Labute approximate surface area is 293 Å². The summed E-state index contributed by atoms with van der Waals surface area (Å²) < 4.78 is 6.58. The zero-order valence-electron chi connectivity index (χ0n) is 27.4. The van der Waals surface area contributed by atoms with Crippen molar-refractivity contribution >= 4 is 43.6 Å². The van der Waals surface area contributed by atoms with Crippen molar-refractivity contribution in [3.05, 3.63) is 170 Å². The maximum Gasteiger partial charge on any atom is 0.164 e. The summed E-state index contributed by atoms with van der Waals surface area (Å²) in [5.41, 5.74) is 9.40. The summed E-state index contributed by atoms with van der Waals surface area (Å²) in [6.45, 7) is 0. The minimum Gasteiger partial charge on any atom is -0.455 e. The summed E-state index contributed by atoms with van der Waals surface area (Å²) in [5.74, 6) is 1.82. The summed E-state index contributed by atoms with van der Waals surface area (Å²) >= 11 is 0. The number of furan rings is 1. The molecule has 0 bridgehead atoms. The van der Waals surface area contributed by atoms with Gasteiger partial charge in [0.25, 0.3) is 0 Å². The molecule has 3 aromatic heterocycles. The molecule has 10 aromatic rings. The minimum absolute atomic E-state index is 0.590. The van der Waals surface area contributed by atoms with Gasteiger partial charge in [0.1, 0.15) is 11.2 Å². The van der Waals surface area contributed by atoms with E-state index in [1.54, 1.807) is 0 Å². The number of aromatic nitrogens is 4. The van der Waals surface area contributed by atoms with Crippen molar-refractivity contribution in [1.82, 2.24) is 19.9 Å². The minimum atomic E-state index is 0.590. The van der Waals surface area contributed by atoms with E-state index in [9.17, 15) is 0 Å². The zero-order valence-corrected chi connectivity index (χ0v) is 27.4. The summed E-state index contributed by atoms with van der Waals surface area (Å²) in [4.78, 5) is 20.5. The van der Waals surface area contributed by atoms with Crippen molar-refractivity contribution in [1.29, 1.82) is 0 Å². The van der Waals surface area contributed by atoms with Crippen molar-refractivity contribution in [2.24, 2.45) is 0 Å². The second-order valence-electron chi connectivity index (χ2n) is 12.6. The van der Waals surface area contributed by atoms with E-state index < -0.39 is 0 Å². The highest BCUT2D eigenvalue weighted by Crippen LogP contribution is 2.41. The number of hydrogen-bond acceptors (Lipinski definition) is 5. The molecule has 5 heteroatoms. The molecule has 0 saturated heterocycles. The van der Waals surface area contributed by atoms with Gasteiger partial charge >= 0.3 is 0 Å². The summed E-state index contributed by atoms with van der Waals surface area (Å²) in [6, 6.07) is 58.0. The van der Waals surface area contributed by atoms with E-state index in [4.69, 9.17) is 24.4 Å². The highest BCUT2D eigenvalue weighted by atomic mass is 16.3. The predicted octanol–water partition coefficient (Wildman–Crippen LogP) is 11.8. The van der Waals surface area contributed by atoms with Crippen LogP contribution in [0.3, 0.4) is 0 Å². The molecule has 5 nitrogen and oxygen atoms in total. The molecule has 0 aliphatic rings. The van der Waals surface area contributed by atoms with Crippen LogP contribution in [-0.4, -0.2) is 19.9 Å². The molecule has 3 heterocycles. The van der Waals surface area contributed by atoms with E-state index >= 15 is 0 Å². The third kappa shape index (κ3) is 5.03. The Kier molecular flexibility index (Phi) is 6.74. The van der Waals surface area contributed by atoms with Crippen molar-refractivity contribution in [2.45, 2.75) is 0 Å². The molecule has 0 amide bonds. The number of rotatable bonds is 5. The van der Waals surface area contributed by atoms with Crippen molar-refractivity contribution in [3.63, 3.8) is 0 Å². The lowest BCUT2D eigenvalue weighted by Gasteiger charge is -2.11. The zero-order chi connectivity index (χ0) is 33.7. The van der Waals surface area contributed by atoms with Crippen LogP contribution in [0.1, 0.15) is 0 Å². The number of para-hydroxylation sites is 1. The van der Waals surface area contributed by atoms with E-state index in [0.717, 1.165) is 82.7 Å². The molecule has 51 heavy (non-hydrogen) atoms. The predicted molar refractivity (Wildman–Crippen MR) is 207 cm³/mol. The Hall–Kier alpha value is -6.98. The van der Waals surface area contributed by atoms with Crippen LogP contribution in [0.5, 0.6) is 0 Å². The number of nitrogens with zero attached hydrogens (tertiary/aromatic N) is 4. The molecule has 0 aliphatic heterocycles. The van der Waals surface area contributed by atoms with Crippen LogP contribution in [0.4, 0.5) is 0 Å². The number of fused-ring (bicyclic) bond motifs is 7. The average molecular weight is 653 g/mol. The second kappa shape index (κ2) is 11.9. The van der Waals surface area contributed by atoms with Gasteiger partial charge in [-0.15, -0.1) is 0 Å². The molecule has 0 radical (unpaired) electrons. The lowest BCUT2D eigenvalue weighted by Crippen LogP contribution is -2.00. The van der Waals surface area contributed by atoms with Crippen LogP contribution in [0.15, 0.2) is 174 Å². The van der Waals surface area contributed by atoms with Gasteiger partial charge < -0.3 is 4.42 Å². The smallest absolute Gasteiger partial charge is 0.164 e. The standard InChI is InChI=1S/C46H28N4O/c1-3-12-29(13-4-1)30-22-24-33(25-23-30)45-48-44(32-15-5-2-6-16-32)49-46(50-45)35-18-11-17-34(28-35)41-40-37-20-9-10-21-39(37)51-43(40)38-27-26-31-14-7-8-19-36(31)42(38)47-41/h1-28H. The van der Waals surface area contributed by atoms with Gasteiger partial charge in [-0.25, -0.2) is 19.9 Å². The van der Waals surface area contributed by atoms with Crippen LogP contribution >= 0.6 is 0 Å². The Morgan fingerprint density at radius 2 is 0.902 bits per heavy atom. The third-order valence-corrected chi connectivity index (χ3v) is 9.51. The fourth-order valence-corrected chi connectivity index (χ4v) is 7.00. The number of pyridine rings is 1. The van der Waals surface area contributed by atoms with Crippen molar-refractivity contribution < 1.29 is 4.42 Å². The molecule has 10 rings (SSSR count). The van der Waals surface area contributed by atoms with E-state index in [2.05, 4.69) is 109 Å². The van der Waals surface area contributed by atoms with E-state index in [1.807, 2.05) is 60.7 Å². The second-order valence-corrected chi connectivity index (χ2v) is 12.6.